The van der Waals surface area contributed by atoms with E-state index in [-0.39, 0.29) is 12.3 Å². The molecule has 1 saturated heterocycles. The fraction of sp³-hybridized carbons (Fsp3) is 0.588. The van der Waals surface area contributed by atoms with Crippen molar-refractivity contribution < 1.29 is 18.6 Å². The molecule has 2 rings (SSSR count). The number of nitrogens with zero attached hydrogens (tertiary/aromatic N) is 1. The number of hydrogen-bond acceptors (Lipinski definition) is 4. The Morgan fingerprint density at radius 2 is 2.24 bits per heavy atom. The average Bonchev–Trinajstić information content (AvgIpc) is 2.99. The molecule has 1 fully saturated rings. The summed E-state index contributed by atoms with van der Waals surface area (Å²) >= 11 is 1.73. The van der Waals surface area contributed by atoms with Gasteiger partial charge in [0.1, 0.15) is 5.75 Å². The van der Waals surface area contributed by atoms with Crippen molar-refractivity contribution in [2.24, 2.45) is 4.99 Å². The summed E-state index contributed by atoms with van der Waals surface area (Å²) in [4.78, 5) is 4.44. The fourth-order valence-electron chi connectivity index (χ4n) is 2.53. The van der Waals surface area contributed by atoms with Crippen molar-refractivity contribution >= 4 is 17.7 Å². The van der Waals surface area contributed by atoms with E-state index < -0.39 is 12.2 Å². The molecule has 140 valence electrons. The average molecular weight is 373 g/mol. The summed E-state index contributed by atoms with van der Waals surface area (Å²) in [5.41, 5.74) is 0.809. The Labute approximate surface area is 151 Å². The van der Waals surface area contributed by atoms with Gasteiger partial charge < -0.3 is 20.5 Å². The summed E-state index contributed by atoms with van der Waals surface area (Å²) in [5, 5.41) is 16.6. The van der Waals surface area contributed by atoms with Gasteiger partial charge in [0.25, 0.3) is 0 Å². The van der Waals surface area contributed by atoms with E-state index in [1.807, 2.05) is 13.8 Å². The molecule has 0 bridgehead atoms. The molecule has 0 aromatic heterocycles. The number of thioether (sulfide) groups is 1. The summed E-state index contributed by atoms with van der Waals surface area (Å²) in [6.07, 6.45) is 0.744. The summed E-state index contributed by atoms with van der Waals surface area (Å²) < 4.78 is 29.7. The van der Waals surface area contributed by atoms with Gasteiger partial charge in [0.15, 0.2) is 5.96 Å². The van der Waals surface area contributed by atoms with Crippen molar-refractivity contribution in [2.45, 2.75) is 39.0 Å². The second-order valence-electron chi connectivity index (χ2n) is 6.07. The number of aliphatic hydroxyl groups is 1. The van der Waals surface area contributed by atoms with Crippen molar-refractivity contribution in [3.63, 3.8) is 0 Å². The Balaban J connectivity index is 2.06. The van der Waals surface area contributed by atoms with Crippen LogP contribution in [-0.4, -0.2) is 47.9 Å². The van der Waals surface area contributed by atoms with Gasteiger partial charge in [-0.2, -0.15) is 20.5 Å². The first-order valence-corrected chi connectivity index (χ1v) is 9.44. The number of rotatable bonds is 7. The van der Waals surface area contributed by atoms with E-state index >= 15 is 0 Å². The van der Waals surface area contributed by atoms with Crippen LogP contribution < -0.4 is 15.4 Å². The standard InChI is InChI=1S/C17H25F2N3O2S/c1-3-20-16(22-10-17(23)6-7-25-11-17)21-9-13-8-12(2)4-5-14(13)24-15(18)19/h4-5,8,15,23H,3,6-7,9-11H2,1-2H3,(H2,20,21,22). The van der Waals surface area contributed by atoms with Gasteiger partial charge in [-0.1, -0.05) is 17.7 Å². The molecule has 0 amide bonds. The smallest absolute Gasteiger partial charge is 0.387 e. The first-order chi connectivity index (χ1) is 11.9. The van der Waals surface area contributed by atoms with E-state index in [1.165, 1.54) is 6.07 Å². The number of guanidine groups is 1. The molecule has 0 radical (unpaired) electrons. The SMILES string of the molecule is CCNC(=NCc1cc(C)ccc1OC(F)F)NCC1(O)CCSC1. The minimum atomic E-state index is -2.87. The highest BCUT2D eigenvalue weighted by molar-refractivity contribution is 7.99. The lowest BCUT2D eigenvalue weighted by molar-refractivity contribution is -0.0504. The zero-order valence-electron chi connectivity index (χ0n) is 14.5. The van der Waals surface area contributed by atoms with Crippen LogP contribution in [0.15, 0.2) is 23.2 Å². The van der Waals surface area contributed by atoms with Crippen LogP contribution in [0.25, 0.3) is 0 Å². The van der Waals surface area contributed by atoms with Crippen LogP contribution in [0.5, 0.6) is 5.75 Å². The number of halogens is 2. The summed E-state index contributed by atoms with van der Waals surface area (Å²) in [7, 11) is 0. The largest absolute Gasteiger partial charge is 0.434 e. The third-order valence-electron chi connectivity index (χ3n) is 3.85. The van der Waals surface area contributed by atoms with Crippen LogP contribution in [0, 0.1) is 6.92 Å². The molecule has 1 aromatic rings. The Kier molecular flexibility index (Phi) is 7.31. The predicted octanol–water partition coefficient (Wildman–Crippen LogP) is 2.52. The molecule has 1 aliphatic heterocycles. The predicted molar refractivity (Wildman–Crippen MR) is 97.5 cm³/mol. The molecule has 0 saturated carbocycles. The van der Waals surface area contributed by atoms with Crippen LogP contribution in [0.1, 0.15) is 24.5 Å². The normalized spacial score (nSPS) is 20.8. The monoisotopic (exact) mass is 373 g/mol. The van der Waals surface area contributed by atoms with Crippen molar-refractivity contribution in [1.82, 2.24) is 10.6 Å². The first kappa shape index (κ1) is 19.8. The number of aliphatic imine (C=N–C) groups is 1. The Hall–Kier alpha value is -1.54. The maximum absolute atomic E-state index is 12.5. The molecule has 8 heteroatoms. The number of aryl methyl sites for hydroxylation is 1. The van der Waals surface area contributed by atoms with E-state index in [2.05, 4.69) is 20.4 Å². The van der Waals surface area contributed by atoms with Gasteiger partial charge in [-0.15, -0.1) is 0 Å². The van der Waals surface area contributed by atoms with Crippen molar-refractivity contribution in [3.8, 4) is 5.75 Å². The third-order valence-corrected chi connectivity index (χ3v) is 5.09. The van der Waals surface area contributed by atoms with Crippen LogP contribution in [0.2, 0.25) is 0 Å². The maximum Gasteiger partial charge on any atom is 0.387 e. The highest BCUT2D eigenvalue weighted by atomic mass is 32.2. The van der Waals surface area contributed by atoms with Crippen molar-refractivity contribution in [2.75, 3.05) is 24.6 Å². The molecule has 1 heterocycles. The first-order valence-electron chi connectivity index (χ1n) is 8.28. The van der Waals surface area contributed by atoms with E-state index in [0.29, 0.717) is 30.4 Å². The van der Waals surface area contributed by atoms with Gasteiger partial charge in [-0.25, -0.2) is 4.99 Å². The second kappa shape index (κ2) is 9.24. The minimum Gasteiger partial charge on any atom is -0.434 e. The Morgan fingerprint density at radius 3 is 2.88 bits per heavy atom. The zero-order chi connectivity index (χ0) is 18.3. The lowest BCUT2D eigenvalue weighted by Gasteiger charge is -2.23. The molecule has 1 atom stereocenters. The molecule has 25 heavy (non-hydrogen) atoms. The molecule has 0 spiro atoms. The molecule has 0 aliphatic carbocycles. The molecule has 5 nitrogen and oxygen atoms in total. The quantitative estimate of drug-likeness (QED) is 0.506. The van der Waals surface area contributed by atoms with E-state index in [1.54, 1.807) is 23.9 Å². The van der Waals surface area contributed by atoms with Gasteiger partial charge in [0, 0.05) is 24.4 Å². The van der Waals surface area contributed by atoms with Crippen molar-refractivity contribution in [3.05, 3.63) is 29.3 Å². The van der Waals surface area contributed by atoms with Crippen LogP contribution >= 0.6 is 11.8 Å². The van der Waals surface area contributed by atoms with Gasteiger partial charge >= 0.3 is 6.61 Å². The summed E-state index contributed by atoms with van der Waals surface area (Å²) in [6, 6.07) is 5.04. The molecule has 3 N–H and O–H groups in total. The van der Waals surface area contributed by atoms with E-state index in [0.717, 1.165) is 17.7 Å². The van der Waals surface area contributed by atoms with Gasteiger partial charge in [0.05, 0.1) is 12.1 Å². The highest BCUT2D eigenvalue weighted by Gasteiger charge is 2.31. The van der Waals surface area contributed by atoms with Crippen LogP contribution in [0.4, 0.5) is 8.78 Å². The van der Waals surface area contributed by atoms with Crippen molar-refractivity contribution in [1.29, 1.82) is 0 Å². The molecule has 1 aliphatic rings. The summed E-state index contributed by atoms with van der Waals surface area (Å²) in [5.74, 6) is 2.32. The topological polar surface area (TPSA) is 65.9 Å². The number of ether oxygens (including phenoxy) is 1. The number of nitrogens with one attached hydrogen (secondary N) is 2. The van der Waals surface area contributed by atoms with Gasteiger partial charge in [0.2, 0.25) is 0 Å². The van der Waals surface area contributed by atoms with E-state index in [4.69, 9.17) is 0 Å². The van der Waals surface area contributed by atoms with Crippen LogP contribution in [0.3, 0.4) is 0 Å². The highest BCUT2D eigenvalue weighted by Crippen LogP contribution is 2.27. The molecule has 1 aromatic carbocycles. The molecule has 1 unspecified atom stereocenters. The van der Waals surface area contributed by atoms with Gasteiger partial charge in [-0.05, 0) is 32.1 Å². The maximum atomic E-state index is 12.5. The van der Waals surface area contributed by atoms with Crippen LogP contribution in [-0.2, 0) is 6.54 Å². The lowest BCUT2D eigenvalue weighted by Crippen LogP contribution is -2.47. The van der Waals surface area contributed by atoms with Gasteiger partial charge in [-0.3, -0.25) is 0 Å². The molecular formula is C17H25F2N3O2S. The number of hydrogen-bond donors (Lipinski definition) is 3. The summed E-state index contributed by atoms with van der Waals surface area (Å²) in [6.45, 7) is 2.22. The minimum absolute atomic E-state index is 0.131. The number of benzene rings is 1. The number of alkyl halides is 2. The zero-order valence-corrected chi connectivity index (χ0v) is 15.3. The fourth-order valence-corrected chi connectivity index (χ4v) is 3.83. The second-order valence-corrected chi connectivity index (χ2v) is 7.17. The Bertz CT molecular complexity index is 593. The Morgan fingerprint density at radius 1 is 1.44 bits per heavy atom. The molecular weight excluding hydrogens is 348 g/mol. The lowest BCUT2D eigenvalue weighted by atomic mass is 10.0. The van der Waals surface area contributed by atoms with E-state index in [9.17, 15) is 13.9 Å². The third kappa shape index (κ3) is 6.36.